The highest BCUT2D eigenvalue weighted by Gasteiger charge is 2.10. The number of carbonyl (C=O) groups is 1. The predicted molar refractivity (Wildman–Crippen MR) is 59.6 cm³/mol. The van der Waals surface area contributed by atoms with Gasteiger partial charge in [0.1, 0.15) is 5.82 Å². The fourth-order valence-electron chi connectivity index (χ4n) is 1.11. The number of amides is 1. The Morgan fingerprint density at radius 3 is 2.76 bits per heavy atom. The van der Waals surface area contributed by atoms with Crippen LogP contribution >= 0.6 is 0 Å². The summed E-state index contributed by atoms with van der Waals surface area (Å²) in [6.45, 7) is 2.05. The summed E-state index contributed by atoms with van der Waals surface area (Å²) in [4.78, 5) is 11.2. The number of nitrogens with one attached hydrogen (secondary N) is 1. The maximum atomic E-state index is 13.2. The zero-order valence-corrected chi connectivity index (χ0v) is 9.43. The van der Waals surface area contributed by atoms with Crippen LogP contribution in [0.25, 0.3) is 0 Å². The van der Waals surface area contributed by atoms with Crippen LogP contribution in [-0.4, -0.2) is 19.1 Å². The van der Waals surface area contributed by atoms with Crippen LogP contribution in [0.4, 0.5) is 14.5 Å². The molecular formula is C11H14F2N2O2. The minimum absolute atomic E-state index is 0.301. The number of benzene rings is 1. The average Bonchev–Trinajstić information content (AvgIpc) is 2.29. The molecule has 0 spiro atoms. The Balaban J connectivity index is 2.57. The number of carbonyl (C=O) groups excluding carboxylic acids is 1. The van der Waals surface area contributed by atoms with E-state index in [1.807, 2.05) is 6.92 Å². The van der Waals surface area contributed by atoms with Gasteiger partial charge in [-0.05, 0) is 6.42 Å². The van der Waals surface area contributed by atoms with E-state index in [0.29, 0.717) is 6.54 Å². The fraction of sp³-hybridized carbons (Fsp3) is 0.364. The molecule has 94 valence electrons. The lowest BCUT2D eigenvalue weighted by Gasteiger charge is -2.08. The summed E-state index contributed by atoms with van der Waals surface area (Å²) >= 11 is 0. The Hall–Kier alpha value is -1.85. The molecule has 3 N–H and O–H groups in total. The van der Waals surface area contributed by atoms with Crippen LogP contribution in [0.3, 0.4) is 0 Å². The minimum Gasteiger partial charge on any atom is -0.481 e. The van der Waals surface area contributed by atoms with Gasteiger partial charge >= 0.3 is 0 Å². The number of nitrogen functional groups attached to an aromatic ring is 1. The molecule has 0 radical (unpaired) electrons. The van der Waals surface area contributed by atoms with E-state index in [9.17, 15) is 13.6 Å². The molecule has 0 bridgehead atoms. The second-order valence-corrected chi connectivity index (χ2v) is 3.44. The highest BCUT2D eigenvalue weighted by Crippen LogP contribution is 2.22. The Bertz CT molecular complexity index is 411. The van der Waals surface area contributed by atoms with Gasteiger partial charge in [-0.1, -0.05) is 6.92 Å². The summed E-state index contributed by atoms with van der Waals surface area (Å²) in [7, 11) is 0. The summed E-state index contributed by atoms with van der Waals surface area (Å²) in [6, 6.07) is 1.63. The van der Waals surface area contributed by atoms with Crippen molar-refractivity contribution in [1.82, 2.24) is 5.32 Å². The van der Waals surface area contributed by atoms with Gasteiger partial charge in [-0.2, -0.15) is 0 Å². The summed E-state index contributed by atoms with van der Waals surface area (Å²) in [5.74, 6) is -2.30. The lowest BCUT2D eigenvalue weighted by atomic mass is 10.3. The second-order valence-electron chi connectivity index (χ2n) is 3.44. The zero-order valence-electron chi connectivity index (χ0n) is 9.43. The van der Waals surface area contributed by atoms with Crippen molar-refractivity contribution >= 4 is 11.6 Å². The molecule has 1 amide bonds. The smallest absolute Gasteiger partial charge is 0.257 e. The standard InChI is InChI=1S/C11H14F2N2O2/c1-2-3-15-11(16)6-17-10-5-7(12)9(14)4-8(10)13/h4-5H,2-3,6,14H2,1H3,(H,15,16). The average molecular weight is 244 g/mol. The molecule has 0 aliphatic rings. The number of anilines is 1. The summed E-state index contributed by atoms with van der Waals surface area (Å²) in [5.41, 5.74) is 4.86. The van der Waals surface area contributed by atoms with Gasteiger partial charge in [0, 0.05) is 18.7 Å². The third-order valence-electron chi connectivity index (χ3n) is 1.98. The van der Waals surface area contributed by atoms with E-state index in [0.717, 1.165) is 18.6 Å². The molecule has 1 aromatic carbocycles. The largest absolute Gasteiger partial charge is 0.481 e. The summed E-state index contributed by atoms with van der Waals surface area (Å²) in [5, 5.41) is 2.54. The number of nitrogens with two attached hydrogens (primary N) is 1. The Morgan fingerprint density at radius 2 is 2.12 bits per heavy atom. The molecule has 0 saturated heterocycles. The number of rotatable bonds is 5. The highest BCUT2D eigenvalue weighted by molar-refractivity contribution is 5.77. The molecule has 0 aliphatic heterocycles. The predicted octanol–water partition coefficient (Wildman–Crippen LogP) is 1.45. The highest BCUT2D eigenvalue weighted by atomic mass is 19.1. The molecule has 0 heterocycles. The fourth-order valence-corrected chi connectivity index (χ4v) is 1.11. The molecule has 0 aromatic heterocycles. The van der Waals surface area contributed by atoms with Crippen LogP contribution < -0.4 is 15.8 Å². The van der Waals surface area contributed by atoms with Crippen molar-refractivity contribution in [3.8, 4) is 5.75 Å². The van der Waals surface area contributed by atoms with E-state index >= 15 is 0 Å². The molecule has 17 heavy (non-hydrogen) atoms. The number of ether oxygens (including phenoxy) is 1. The van der Waals surface area contributed by atoms with E-state index in [1.54, 1.807) is 0 Å². The van der Waals surface area contributed by atoms with E-state index in [1.165, 1.54) is 0 Å². The van der Waals surface area contributed by atoms with Gasteiger partial charge in [0.05, 0.1) is 5.69 Å². The van der Waals surface area contributed by atoms with Gasteiger partial charge in [-0.25, -0.2) is 8.78 Å². The molecule has 0 saturated carbocycles. The van der Waals surface area contributed by atoms with Crippen LogP contribution in [0.2, 0.25) is 0 Å². The van der Waals surface area contributed by atoms with Crippen LogP contribution in [0, 0.1) is 11.6 Å². The Labute approximate surface area is 97.8 Å². The van der Waals surface area contributed by atoms with Crippen molar-refractivity contribution in [2.45, 2.75) is 13.3 Å². The Kier molecular flexibility index (Phi) is 4.68. The SMILES string of the molecule is CCCNC(=O)COc1cc(F)c(N)cc1F. The van der Waals surface area contributed by atoms with Crippen molar-refractivity contribution in [2.75, 3.05) is 18.9 Å². The first-order valence-corrected chi connectivity index (χ1v) is 5.18. The van der Waals surface area contributed by atoms with Gasteiger partial charge in [0.2, 0.25) is 0 Å². The second kappa shape index (κ2) is 6.03. The van der Waals surface area contributed by atoms with Crippen LogP contribution in [0.15, 0.2) is 12.1 Å². The molecule has 1 aromatic rings. The number of hydrogen-bond acceptors (Lipinski definition) is 3. The third kappa shape index (κ3) is 3.90. The molecule has 4 nitrogen and oxygen atoms in total. The number of hydrogen-bond donors (Lipinski definition) is 2. The zero-order chi connectivity index (χ0) is 12.8. The van der Waals surface area contributed by atoms with E-state index in [2.05, 4.69) is 5.32 Å². The lowest BCUT2D eigenvalue weighted by molar-refractivity contribution is -0.123. The monoisotopic (exact) mass is 244 g/mol. The van der Waals surface area contributed by atoms with Crippen molar-refractivity contribution in [2.24, 2.45) is 0 Å². The van der Waals surface area contributed by atoms with Gasteiger partial charge in [0.25, 0.3) is 5.91 Å². The molecule has 0 atom stereocenters. The first-order chi connectivity index (χ1) is 8.04. The van der Waals surface area contributed by atoms with Crippen LogP contribution in [0.1, 0.15) is 13.3 Å². The van der Waals surface area contributed by atoms with E-state index in [-0.39, 0.29) is 24.0 Å². The van der Waals surface area contributed by atoms with Gasteiger partial charge < -0.3 is 15.8 Å². The van der Waals surface area contributed by atoms with Crippen molar-refractivity contribution in [3.63, 3.8) is 0 Å². The van der Waals surface area contributed by atoms with Crippen LogP contribution in [0.5, 0.6) is 5.75 Å². The van der Waals surface area contributed by atoms with Gasteiger partial charge in [0.15, 0.2) is 18.2 Å². The summed E-state index contributed by atoms with van der Waals surface area (Å²) < 4.78 is 31.1. The third-order valence-corrected chi connectivity index (χ3v) is 1.98. The normalized spacial score (nSPS) is 10.1. The summed E-state index contributed by atoms with van der Waals surface area (Å²) in [6.07, 6.45) is 0.788. The van der Waals surface area contributed by atoms with Crippen molar-refractivity contribution < 1.29 is 18.3 Å². The van der Waals surface area contributed by atoms with Crippen molar-refractivity contribution in [1.29, 1.82) is 0 Å². The quantitative estimate of drug-likeness (QED) is 0.770. The molecule has 1 rings (SSSR count). The molecular weight excluding hydrogens is 230 g/mol. The van der Waals surface area contributed by atoms with Gasteiger partial charge in [-0.3, -0.25) is 4.79 Å². The lowest BCUT2D eigenvalue weighted by Crippen LogP contribution is -2.29. The van der Waals surface area contributed by atoms with Crippen molar-refractivity contribution in [3.05, 3.63) is 23.8 Å². The first kappa shape index (κ1) is 13.2. The Morgan fingerprint density at radius 1 is 1.41 bits per heavy atom. The topological polar surface area (TPSA) is 64.3 Å². The first-order valence-electron chi connectivity index (χ1n) is 5.18. The molecule has 0 fully saturated rings. The number of halogens is 2. The van der Waals surface area contributed by atoms with E-state index < -0.39 is 11.6 Å². The molecule has 6 heteroatoms. The molecule has 0 aliphatic carbocycles. The minimum atomic E-state index is -0.799. The van der Waals surface area contributed by atoms with Crippen LogP contribution in [-0.2, 0) is 4.79 Å². The van der Waals surface area contributed by atoms with E-state index in [4.69, 9.17) is 10.5 Å². The maximum Gasteiger partial charge on any atom is 0.257 e. The molecule has 0 unspecified atom stereocenters. The van der Waals surface area contributed by atoms with Gasteiger partial charge in [-0.15, -0.1) is 0 Å². The maximum absolute atomic E-state index is 13.2.